The van der Waals surface area contributed by atoms with E-state index in [2.05, 4.69) is 26.8 Å². The van der Waals surface area contributed by atoms with Crippen molar-refractivity contribution >= 4 is 0 Å². The lowest BCUT2D eigenvalue weighted by molar-refractivity contribution is -0.114. The van der Waals surface area contributed by atoms with E-state index < -0.39 is 0 Å². The summed E-state index contributed by atoms with van der Waals surface area (Å²) >= 11 is 0. The van der Waals surface area contributed by atoms with Gasteiger partial charge in [0.25, 0.3) is 0 Å². The molecular formula is C23H37N. The van der Waals surface area contributed by atoms with Gasteiger partial charge in [0.05, 0.1) is 6.07 Å². The maximum absolute atomic E-state index is 9.18. The summed E-state index contributed by atoms with van der Waals surface area (Å²) in [7, 11) is 0. The van der Waals surface area contributed by atoms with Crippen molar-refractivity contribution in [1.82, 2.24) is 0 Å². The molecule has 4 aliphatic rings. The number of hydrogen-bond donors (Lipinski definition) is 0. The van der Waals surface area contributed by atoms with Crippen molar-refractivity contribution in [1.29, 1.82) is 5.26 Å². The predicted octanol–water partition coefficient (Wildman–Crippen LogP) is 6.59. The lowest BCUT2D eigenvalue weighted by atomic mass is 9.44. The smallest absolute Gasteiger partial charge is 0.0624 e. The summed E-state index contributed by atoms with van der Waals surface area (Å²) in [5.41, 5.74) is 1.20. The Morgan fingerprint density at radius 1 is 0.917 bits per heavy atom. The van der Waals surface area contributed by atoms with Crippen molar-refractivity contribution in [3.05, 3.63) is 0 Å². The van der Waals surface area contributed by atoms with E-state index in [9.17, 15) is 5.26 Å². The number of nitrogens with zero attached hydrogens (tertiary/aromatic N) is 1. The normalized spacial score (nSPS) is 51.8. The third-order valence-electron chi connectivity index (χ3n) is 9.76. The fourth-order valence-corrected chi connectivity index (χ4v) is 8.56. The van der Waals surface area contributed by atoms with Crippen LogP contribution in [-0.4, -0.2) is 0 Å². The maximum Gasteiger partial charge on any atom is 0.0624 e. The van der Waals surface area contributed by atoms with E-state index >= 15 is 0 Å². The van der Waals surface area contributed by atoms with Crippen LogP contribution in [0.15, 0.2) is 0 Å². The Labute approximate surface area is 149 Å². The van der Waals surface area contributed by atoms with E-state index in [0.29, 0.717) is 16.7 Å². The van der Waals surface area contributed by atoms with Gasteiger partial charge in [-0.15, -0.1) is 0 Å². The second-order valence-electron chi connectivity index (χ2n) is 10.5. The van der Waals surface area contributed by atoms with Gasteiger partial charge in [0.1, 0.15) is 0 Å². The molecule has 1 nitrogen and oxygen atoms in total. The van der Waals surface area contributed by atoms with Gasteiger partial charge in [-0.2, -0.15) is 5.26 Å². The monoisotopic (exact) mass is 327 g/mol. The van der Waals surface area contributed by atoms with E-state index in [1.165, 1.54) is 64.2 Å². The van der Waals surface area contributed by atoms with E-state index in [-0.39, 0.29) is 0 Å². The van der Waals surface area contributed by atoms with Crippen LogP contribution >= 0.6 is 0 Å². The van der Waals surface area contributed by atoms with Crippen molar-refractivity contribution in [2.24, 2.45) is 46.3 Å². The molecule has 1 heteroatoms. The second kappa shape index (κ2) is 6.03. The van der Waals surface area contributed by atoms with Crippen molar-refractivity contribution in [2.45, 2.75) is 91.4 Å². The van der Waals surface area contributed by atoms with Gasteiger partial charge in [0.15, 0.2) is 0 Å². The lowest BCUT2D eigenvalue weighted by Gasteiger charge is -2.60. The van der Waals surface area contributed by atoms with Crippen LogP contribution in [0.5, 0.6) is 0 Å². The van der Waals surface area contributed by atoms with Crippen LogP contribution < -0.4 is 0 Å². The summed E-state index contributed by atoms with van der Waals surface area (Å²) in [4.78, 5) is 0. The van der Waals surface area contributed by atoms with E-state index in [0.717, 1.165) is 36.0 Å². The van der Waals surface area contributed by atoms with Gasteiger partial charge in [-0.3, -0.25) is 0 Å². The highest BCUT2D eigenvalue weighted by Gasteiger charge is 2.60. The Hall–Kier alpha value is -0.510. The summed E-state index contributed by atoms with van der Waals surface area (Å²) in [6.07, 6.45) is 15.6. The molecule has 24 heavy (non-hydrogen) atoms. The molecule has 4 aliphatic carbocycles. The van der Waals surface area contributed by atoms with Gasteiger partial charge in [0, 0.05) is 6.42 Å². The fraction of sp³-hybridized carbons (Fsp3) is 0.957. The number of nitriles is 1. The first-order valence-corrected chi connectivity index (χ1v) is 10.9. The zero-order valence-electron chi connectivity index (χ0n) is 16.2. The minimum atomic E-state index is 0.537. The van der Waals surface area contributed by atoms with Gasteiger partial charge >= 0.3 is 0 Å². The van der Waals surface area contributed by atoms with Gasteiger partial charge in [-0.1, -0.05) is 33.6 Å². The summed E-state index contributed by atoms with van der Waals surface area (Å²) in [6, 6.07) is 2.46. The summed E-state index contributed by atoms with van der Waals surface area (Å²) in [5.74, 6) is 5.42. The SMILES string of the molecule is CC(CC#N)[C@H]1CC[C@H]2[C@@H]3CCC4CCCC[C@]4(C)[C@H]3CC[C@]12C. The average Bonchev–Trinajstić information content (AvgIpc) is 2.92. The van der Waals surface area contributed by atoms with Gasteiger partial charge < -0.3 is 0 Å². The van der Waals surface area contributed by atoms with Crippen molar-refractivity contribution in [3.63, 3.8) is 0 Å². The molecule has 4 fully saturated rings. The van der Waals surface area contributed by atoms with Crippen molar-refractivity contribution in [3.8, 4) is 6.07 Å². The number of fused-ring (bicyclic) bond motifs is 5. The standard InChI is InChI=1S/C23H37N/c1-16(12-15-24)19-9-10-20-18-8-7-17-6-4-5-13-22(17,2)21(18)11-14-23(19,20)3/h16-21H,4-14H2,1-3H3/t16?,17?,18-,19+,20-,21-,22-,23+/m0/s1. The van der Waals surface area contributed by atoms with Crippen LogP contribution in [0.25, 0.3) is 0 Å². The van der Waals surface area contributed by atoms with Gasteiger partial charge in [-0.05, 0) is 97.7 Å². The first kappa shape index (κ1) is 16.9. The largest absolute Gasteiger partial charge is 0.198 e. The Morgan fingerprint density at radius 3 is 2.50 bits per heavy atom. The average molecular weight is 328 g/mol. The molecule has 0 saturated heterocycles. The Kier molecular flexibility index (Phi) is 4.26. The van der Waals surface area contributed by atoms with E-state index in [1.54, 1.807) is 0 Å². The highest BCUT2D eigenvalue weighted by Crippen LogP contribution is 2.68. The zero-order chi connectivity index (χ0) is 16.9. The van der Waals surface area contributed by atoms with Crippen LogP contribution in [0, 0.1) is 57.7 Å². The zero-order valence-corrected chi connectivity index (χ0v) is 16.2. The summed E-state index contributed by atoms with van der Waals surface area (Å²) in [5, 5.41) is 9.18. The Balaban J connectivity index is 1.58. The van der Waals surface area contributed by atoms with E-state index in [1.807, 2.05) is 0 Å². The first-order valence-electron chi connectivity index (χ1n) is 10.9. The van der Waals surface area contributed by atoms with Crippen LogP contribution in [0.3, 0.4) is 0 Å². The van der Waals surface area contributed by atoms with Crippen LogP contribution in [-0.2, 0) is 0 Å². The fourth-order valence-electron chi connectivity index (χ4n) is 8.56. The van der Waals surface area contributed by atoms with Crippen LogP contribution in [0.1, 0.15) is 91.4 Å². The van der Waals surface area contributed by atoms with Gasteiger partial charge in [0.2, 0.25) is 0 Å². The molecule has 0 radical (unpaired) electrons. The second-order valence-corrected chi connectivity index (χ2v) is 10.5. The first-order chi connectivity index (χ1) is 11.5. The van der Waals surface area contributed by atoms with E-state index in [4.69, 9.17) is 0 Å². The van der Waals surface area contributed by atoms with Gasteiger partial charge in [-0.25, -0.2) is 0 Å². The molecule has 0 heterocycles. The molecule has 4 rings (SSSR count). The third-order valence-corrected chi connectivity index (χ3v) is 9.76. The molecule has 0 aliphatic heterocycles. The molecule has 0 spiro atoms. The maximum atomic E-state index is 9.18. The third kappa shape index (κ3) is 2.31. The van der Waals surface area contributed by atoms with Crippen LogP contribution in [0.4, 0.5) is 0 Å². The molecule has 0 aromatic carbocycles. The molecule has 0 aromatic rings. The highest BCUT2D eigenvalue weighted by molar-refractivity contribution is 5.09. The minimum absolute atomic E-state index is 0.537. The molecule has 0 amide bonds. The van der Waals surface area contributed by atoms with Crippen molar-refractivity contribution < 1.29 is 0 Å². The molecule has 0 aromatic heterocycles. The predicted molar refractivity (Wildman–Crippen MR) is 99.2 cm³/mol. The summed E-state index contributed by atoms with van der Waals surface area (Å²) < 4.78 is 0. The Bertz CT molecular complexity index is 519. The number of rotatable bonds is 2. The quantitative estimate of drug-likeness (QED) is 0.561. The molecule has 4 saturated carbocycles. The Morgan fingerprint density at radius 2 is 1.71 bits per heavy atom. The minimum Gasteiger partial charge on any atom is -0.198 e. The number of hydrogen-bond acceptors (Lipinski definition) is 1. The summed E-state index contributed by atoms with van der Waals surface area (Å²) in [6.45, 7) is 7.66. The topological polar surface area (TPSA) is 23.8 Å². The molecule has 2 unspecified atom stereocenters. The van der Waals surface area contributed by atoms with Crippen molar-refractivity contribution in [2.75, 3.05) is 0 Å². The van der Waals surface area contributed by atoms with Crippen LogP contribution in [0.2, 0.25) is 0 Å². The molecular weight excluding hydrogens is 290 g/mol. The lowest BCUT2D eigenvalue weighted by Crippen LogP contribution is -2.53. The molecule has 0 N–H and O–H groups in total. The molecule has 8 atom stereocenters. The molecule has 134 valence electrons. The molecule has 0 bridgehead atoms. The highest BCUT2D eigenvalue weighted by atomic mass is 14.6.